The normalized spacial score (nSPS) is 11.9. The molecule has 2 aromatic rings. The van der Waals surface area contributed by atoms with Crippen molar-refractivity contribution in [3.8, 4) is 0 Å². The molecule has 4 nitrogen and oxygen atoms in total. The van der Waals surface area contributed by atoms with Gasteiger partial charge < -0.3 is 5.32 Å². The van der Waals surface area contributed by atoms with Gasteiger partial charge in [0.2, 0.25) is 0 Å². The van der Waals surface area contributed by atoms with Crippen molar-refractivity contribution in [2.75, 3.05) is 18.6 Å². The highest BCUT2D eigenvalue weighted by Crippen LogP contribution is 2.24. The second-order valence-electron chi connectivity index (χ2n) is 4.41. The van der Waals surface area contributed by atoms with E-state index in [-0.39, 0.29) is 5.75 Å². The topological polar surface area (TPSA) is 59.1 Å². The highest BCUT2D eigenvalue weighted by Gasteiger charge is 2.06. The van der Waals surface area contributed by atoms with Crippen molar-refractivity contribution in [1.82, 2.24) is 10.3 Å². The first-order valence-corrected chi connectivity index (χ1v) is 8.32. The molecule has 6 heteroatoms. The molecular weight excluding hydrogens is 284 g/mol. The number of nitrogens with zero attached hydrogens (tertiary/aromatic N) is 1. The molecule has 1 N–H and O–H groups in total. The molecule has 0 aliphatic heterocycles. The number of hydrogen-bond donors (Lipinski definition) is 1. The summed E-state index contributed by atoms with van der Waals surface area (Å²) in [5, 5.41) is 4.69. The number of nitrogens with one attached hydrogen (secondary N) is 1. The van der Waals surface area contributed by atoms with Crippen LogP contribution >= 0.6 is 11.6 Å². The van der Waals surface area contributed by atoms with Gasteiger partial charge in [-0.05, 0) is 23.8 Å². The standard InChI is InChI=1S/C13H15ClN2O2S/c1-19(17,18)8-7-15-9-10-4-5-12(14)11-3-2-6-16-13(10)11/h2-6,15H,7-9H2,1H3. The fourth-order valence-electron chi connectivity index (χ4n) is 1.82. The third-order valence-corrected chi connectivity index (χ3v) is 4.04. The summed E-state index contributed by atoms with van der Waals surface area (Å²) in [7, 11) is -2.93. The van der Waals surface area contributed by atoms with Gasteiger partial charge in [-0.15, -0.1) is 0 Å². The number of rotatable bonds is 5. The van der Waals surface area contributed by atoms with E-state index in [0.717, 1.165) is 16.5 Å². The van der Waals surface area contributed by atoms with Crippen LogP contribution in [0.3, 0.4) is 0 Å². The van der Waals surface area contributed by atoms with Crippen LogP contribution in [0.5, 0.6) is 0 Å². The second kappa shape index (κ2) is 5.86. The minimum absolute atomic E-state index is 0.131. The summed E-state index contributed by atoms with van der Waals surface area (Å²) >= 11 is 6.11. The van der Waals surface area contributed by atoms with Crippen LogP contribution in [0, 0.1) is 0 Å². The lowest BCUT2D eigenvalue weighted by atomic mass is 10.1. The maximum absolute atomic E-state index is 11.0. The number of pyridine rings is 1. The molecule has 0 spiro atoms. The zero-order chi connectivity index (χ0) is 13.9. The number of aromatic nitrogens is 1. The van der Waals surface area contributed by atoms with Crippen molar-refractivity contribution in [3.05, 3.63) is 41.0 Å². The molecule has 0 radical (unpaired) electrons. The Hall–Kier alpha value is -1.17. The lowest BCUT2D eigenvalue weighted by Gasteiger charge is -2.08. The van der Waals surface area contributed by atoms with Crippen LogP contribution in [0.2, 0.25) is 5.02 Å². The van der Waals surface area contributed by atoms with Gasteiger partial charge in [0.05, 0.1) is 11.3 Å². The molecule has 0 saturated heterocycles. The fraction of sp³-hybridized carbons (Fsp3) is 0.308. The van der Waals surface area contributed by atoms with Gasteiger partial charge in [0.15, 0.2) is 0 Å². The molecule has 1 heterocycles. The van der Waals surface area contributed by atoms with Gasteiger partial charge in [0.25, 0.3) is 0 Å². The molecule has 0 unspecified atom stereocenters. The van der Waals surface area contributed by atoms with Crippen LogP contribution in [-0.2, 0) is 16.4 Å². The van der Waals surface area contributed by atoms with Gasteiger partial charge in [-0.3, -0.25) is 4.98 Å². The predicted molar refractivity (Wildman–Crippen MR) is 78.2 cm³/mol. The molecule has 1 aromatic carbocycles. The number of halogens is 1. The number of hydrogen-bond acceptors (Lipinski definition) is 4. The average Bonchev–Trinajstić information content (AvgIpc) is 2.36. The largest absolute Gasteiger partial charge is 0.312 e. The maximum Gasteiger partial charge on any atom is 0.148 e. The molecule has 0 amide bonds. The summed E-state index contributed by atoms with van der Waals surface area (Å²) < 4.78 is 22.1. The van der Waals surface area contributed by atoms with Crippen molar-refractivity contribution >= 4 is 32.3 Å². The van der Waals surface area contributed by atoms with E-state index < -0.39 is 9.84 Å². The Morgan fingerprint density at radius 1 is 1.32 bits per heavy atom. The summed E-state index contributed by atoms with van der Waals surface area (Å²) in [5.74, 6) is 0.131. The van der Waals surface area contributed by atoms with Crippen molar-refractivity contribution in [2.45, 2.75) is 6.54 Å². The lowest BCUT2D eigenvalue weighted by Crippen LogP contribution is -2.22. The summed E-state index contributed by atoms with van der Waals surface area (Å²) in [4.78, 5) is 4.33. The Bertz CT molecular complexity index is 686. The SMILES string of the molecule is CS(=O)(=O)CCNCc1ccc(Cl)c2cccnc12. The lowest BCUT2D eigenvalue weighted by molar-refractivity contribution is 0.596. The smallest absolute Gasteiger partial charge is 0.148 e. The van der Waals surface area contributed by atoms with E-state index in [2.05, 4.69) is 10.3 Å². The molecule has 0 atom stereocenters. The molecule has 1 aromatic heterocycles. The van der Waals surface area contributed by atoms with Gasteiger partial charge in [-0.2, -0.15) is 0 Å². The minimum atomic E-state index is -2.93. The molecule has 0 bridgehead atoms. The van der Waals surface area contributed by atoms with Gasteiger partial charge in [0.1, 0.15) is 9.84 Å². The minimum Gasteiger partial charge on any atom is -0.312 e. The van der Waals surface area contributed by atoms with Crippen LogP contribution < -0.4 is 5.32 Å². The van der Waals surface area contributed by atoms with Crippen LogP contribution in [0.1, 0.15) is 5.56 Å². The average molecular weight is 299 g/mol. The maximum atomic E-state index is 11.0. The molecule has 0 saturated carbocycles. The van der Waals surface area contributed by atoms with Crippen molar-refractivity contribution in [3.63, 3.8) is 0 Å². The van der Waals surface area contributed by atoms with Crippen LogP contribution in [0.25, 0.3) is 10.9 Å². The highest BCUT2D eigenvalue weighted by atomic mass is 35.5. The van der Waals surface area contributed by atoms with Gasteiger partial charge in [0, 0.05) is 36.0 Å². The quantitative estimate of drug-likeness (QED) is 0.858. The van der Waals surface area contributed by atoms with Gasteiger partial charge in [-0.1, -0.05) is 17.7 Å². The predicted octanol–water partition coefficient (Wildman–Crippen LogP) is 2.02. The Labute approximate surface area is 117 Å². The van der Waals surface area contributed by atoms with E-state index in [0.29, 0.717) is 18.1 Å². The van der Waals surface area contributed by atoms with E-state index in [4.69, 9.17) is 11.6 Å². The number of fused-ring (bicyclic) bond motifs is 1. The summed E-state index contributed by atoms with van der Waals surface area (Å²) in [5.41, 5.74) is 1.86. The third kappa shape index (κ3) is 3.89. The second-order valence-corrected chi connectivity index (χ2v) is 7.08. The zero-order valence-electron chi connectivity index (χ0n) is 10.6. The van der Waals surface area contributed by atoms with E-state index in [1.807, 2.05) is 24.3 Å². The van der Waals surface area contributed by atoms with Crippen LogP contribution in [0.15, 0.2) is 30.5 Å². The Morgan fingerprint density at radius 3 is 2.84 bits per heavy atom. The summed E-state index contributed by atoms with van der Waals surface area (Å²) in [6.45, 7) is 0.996. The monoisotopic (exact) mass is 298 g/mol. The molecule has 0 aliphatic rings. The third-order valence-electron chi connectivity index (χ3n) is 2.77. The Kier molecular flexibility index (Phi) is 4.39. The fourth-order valence-corrected chi connectivity index (χ4v) is 2.55. The summed E-state index contributed by atoms with van der Waals surface area (Å²) in [6.07, 6.45) is 2.95. The van der Waals surface area contributed by atoms with E-state index in [1.165, 1.54) is 6.26 Å². The van der Waals surface area contributed by atoms with Crippen molar-refractivity contribution in [1.29, 1.82) is 0 Å². The van der Waals surface area contributed by atoms with Crippen molar-refractivity contribution in [2.24, 2.45) is 0 Å². The Morgan fingerprint density at radius 2 is 2.11 bits per heavy atom. The van der Waals surface area contributed by atoms with Crippen LogP contribution in [0.4, 0.5) is 0 Å². The first kappa shape index (κ1) is 14.2. The van der Waals surface area contributed by atoms with E-state index in [9.17, 15) is 8.42 Å². The zero-order valence-corrected chi connectivity index (χ0v) is 12.1. The molecule has 2 rings (SSSR count). The van der Waals surface area contributed by atoms with Crippen molar-refractivity contribution < 1.29 is 8.42 Å². The molecule has 0 aliphatic carbocycles. The number of benzene rings is 1. The van der Waals surface area contributed by atoms with Gasteiger partial charge >= 0.3 is 0 Å². The summed E-state index contributed by atoms with van der Waals surface area (Å²) in [6, 6.07) is 7.50. The van der Waals surface area contributed by atoms with E-state index >= 15 is 0 Å². The first-order chi connectivity index (χ1) is 8.97. The van der Waals surface area contributed by atoms with E-state index in [1.54, 1.807) is 6.20 Å². The van der Waals surface area contributed by atoms with Gasteiger partial charge in [-0.25, -0.2) is 8.42 Å². The Balaban J connectivity index is 2.11. The highest BCUT2D eigenvalue weighted by molar-refractivity contribution is 7.90. The molecule has 102 valence electrons. The molecular formula is C13H15ClN2O2S. The number of sulfone groups is 1. The molecule has 0 fully saturated rings. The first-order valence-electron chi connectivity index (χ1n) is 5.88. The molecule has 19 heavy (non-hydrogen) atoms. The van der Waals surface area contributed by atoms with Crippen LogP contribution in [-0.4, -0.2) is 32.0 Å².